The summed E-state index contributed by atoms with van der Waals surface area (Å²) in [6.45, 7) is 5.94. The number of aromatic nitrogens is 1. The normalized spacial score (nSPS) is 21.2. The highest BCUT2D eigenvalue weighted by Gasteiger charge is 2.37. The number of rotatable bonds is 7. The fourth-order valence-electron chi connectivity index (χ4n) is 4.25. The van der Waals surface area contributed by atoms with E-state index in [1.54, 1.807) is 30.5 Å². The minimum Gasteiger partial charge on any atom is -0.406 e. The van der Waals surface area contributed by atoms with Gasteiger partial charge in [0.05, 0.1) is 19.4 Å². The first-order valence-electron chi connectivity index (χ1n) is 11.1. The van der Waals surface area contributed by atoms with Crippen LogP contribution in [0, 0.1) is 0 Å². The van der Waals surface area contributed by atoms with Crippen molar-refractivity contribution in [2.24, 2.45) is 0 Å². The van der Waals surface area contributed by atoms with Crippen LogP contribution in [0.1, 0.15) is 19.4 Å². The Labute approximate surface area is 202 Å². The SMILES string of the molecule is CC1(C)CN(c2ccc(OC(F)(F)F)cc2)C(Cc2ccnc(NS(=O)(=O)N3CCOCC3)c2)N1. The third-order valence-corrected chi connectivity index (χ3v) is 7.21. The molecule has 0 bridgehead atoms. The number of ether oxygens (including phenoxy) is 2. The van der Waals surface area contributed by atoms with Crippen LogP contribution in [0.5, 0.6) is 5.75 Å². The number of hydrogen-bond donors (Lipinski definition) is 2. The highest BCUT2D eigenvalue weighted by atomic mass is 32.2. The Morgan fingerprint density at radius 3 is 2.54 bits per heavy atom. The Hall–Kier alpha value is -2.61. The second kappa shape index (κ2) is 9.80. The summed E-state index contributed by atoms with van der Waals surface area (Å²) in [4.78, 5) is 6.22. The summed E-state index contributed by atoms with van der Waals surface area (Å²) in [6, 6.07) is 9.24. The number of morpholine rings is 1. The lowest BCUT2D eigenvalue weighted by atomic mass is 10.1. The second-order valence-corrected chi connectivity index (χ2v) is 10.8. The average Bonchev–Trinajstić information content (AvgIpc) is 3.07. The molecule has 35 heavy (non-hydrogen) atoms. The summed E-state index contributed by atoms with van der Waals surface area (Å²) in [6.07, 6.45) is -2.87. The van der Waals surface area contributed by atoms with Gasteiger partial charge in [0, 0.05) is 43.5 Å². The van der Waals surface area contributed by atoms with Gasteiger partial charge in [0.2, 0.25) is 0 Å². The van der Waals surface area contributed by atoms with Gasteiger partial charge < -0.3 is 14.4 Å². The maximum atomic E-state index is 12.7. The third-order valence-electron chi connectivity index (χ3n) is 5.70. The smallest absolute Gasteiger partial charge is 0.406 e. The molecule has 1 unspecified atom stereocenters. The molecule has 3 heterocycles. The maximum Gasteiger partial charge on any atom is 0.573 e. The fourth-order valence-corrected chi connectivity index (χ4v) is 5.38. The third kappa shape index (κ3) is 6.75. The zero-order valence-corrected chi connectivity index (χ0v) is 20.2. The second-order valence-electron chi connectivity index (χ2n) is 9.09. The van der Waals surface area contributed by atoms with Crippen LogP contribution in [0.25, 0.3) is 0 Å². The van der Waals surface area contributed by atoms with Crippen molar-refractivity contribution in [3.05, 3.63) is 48.2 Å². The summed E-state index contributed by atoms with van der Waals surface area (Å²) in [5.41, 5.74) is 1.33. The van der Waals surface area contributed by atoms with E-state index in [-0.39, 0.29) is 36.4 Å². The zero-order valence-electron chi connectivity index (χ0n) is 19.4. The molecule has 192 valence electrons. The molecule has 0 saturated carbocycles. The van der Waals surface area contributed by atoms with Crippen LogP contribution in [0.4, 0.5) is 24.7 Å². The number of halogens is 3. The Balaban J connectivity index is 1.48. The molecule has 1 aromatic carbocycles. The molecule has 2 aromatic rings. The summed E-state index contributed by atoms with van der Waals surface area (Å²) < 4.78 is 75.8. The van der Waals surface area contributed by atoms with Crippen LogP contribution in [0.3, 0.4) is 0 Å². The van der Waals surface area contributed by atoms with E-state index in [0.29, 0.717) is 26.2 Å². The van der Waals surface area contributed by atoms with Gasteiger partial charge in [-0.25, -0.2) is 4.98 Å². The molecule has 2 fully saturated rings. The maximum absolute atomic E-state index is 12.7. The van der Waals surface area contributed by atoms with Crippen molar-refractivity contribution in [2.75, 3.05) is 42.5 Å². The lowest BCUT2D eigenvalue weighted by molar-refractivity contribution is -0.274. The summed E-state index contributed by atoms with van der Waals surface area (Å²) in [7, 11) is -3.75. The van der Waals surface area contributed by atoms with Crippen LogP contribution in [-0.2, 0) is 21.4 Å². The van der Waals surface area contributed by atoms with Crippen molar-refractivity contribution in [3.8, 4) is 5.75 Å². The van der Waals surface area contributed by atoms with Crippen LogP contribution in [0.2, 0.25) is 0 Å². The highest BCUT2D eigenvalue weighted by Crippen LogP contribution is 2.30. The van der Waals surface area contributed by atoms with Crippen LogP contribution < -0.4 is 19.7 Å². The minimum atomic E-state index is -4.75. The predicted octanol–water partition coefficient (Wildman–Crippen LogP) is 2.73. The van der Waals surface area contributed by atoms with Gasteiger partial charge in [-0.1, -0.05) is 0 Å². The van der Waals surface area contributed by atoms with Crippen molar-refractivity contribution in [2.45, 2.75) is 38.3 Å². The van der Waals surface area contributed by atoms with E-state index in [4.69, 9.17) is 4.74 Å². The largest absolute Gasteiger partial charge is 0.573 e. The molecule has 0 spiro atoms. The minimum absolute atomic E-state index is 0.175. The topological polar surface area (TPSA) is 96.0 Å². The number of nitrogens with one attached hydrogen (secondary N) is 2. The Morgan fingerprint density at radius 2 is 1.89 bits per heavy atom. The van der Waals surface area contributed by atoms with Gasteiger partial charge in [0.1, 0.15) is 11.6 Å². The summed E-state index contributed by atoms with van der Waals surface area (Å²) in [5.74, 6) is -0.0676. The number of anilines is 2. The Morgan fingerprint density at radius 1 is 1.20 bits per heavy atom. The first-order chi connectivity index (χ1) is 16.4. The lowest BCUT2D eigenvalue weighted by Gasteiger charge is -2.27. The summed E-state index contributed by atoms with van der Waals surface area (Å²) >= 11 is 0. The first-order valence-corrected chi connectivity index (χ1v) is 12.5. The molecule has 4 rings (SSSR count). The molecular formula is C22H28F3N5O4S. The Kier molecular flexibility index (Phi) is 7.13. The van der Waals surface area contributed by atoms with Crippen LogP contribution >= 0.6 is 0 Å². The van der Waals surface area contributed by atoms with Crippen molar-refractivity contribution < 1.29 is 31.1 Å². The molecule has 0 amide bonds. The zero-order chi connectivity index (χ0) is 25.3. The molecular weight excluding hydrogens is 487 g/mol. The van der Waals surface area contributed by atoms with Crippen molar-refractivity contribution in [1.82, 2.24) is 14.6 Å². The number of hydrogen-bond acceptors (Lipinski definition) is 7. The molecule has 2 aliphatic rings. The molecule has 0 aliphatic carbocycles. The van der Waals surface area contributed by atoms with E-state index in [1.807, 2.05) is 13.8 Å². The molecule has 2 saturated heterocycles. The molecule has 2 aliphatic heterocycles. The number of alkyl halides is 3. The molecule has 13 heteroatoms. The Bertz CT molecular complexity index is 1120. The molecule has 1 aromatic heterocycles. The fraction of sp³-hybridized carbons (Fsp3) is 0.500. The van der Waals surface area contributed by atoms with E-state index >= 15 is 0 Å². The van der Waals surface area contributed by atoms with E-state index in [0.717, 1.165) is 11.3 Å². The number of nitrogens with zero attached hydrogens (tertiary/aromatic N) is 3. The first kappa shape index (κ1) is 25.5. The molecule has 2 N–H and O–H groups in total. The standard InChI is InChI=1S/C22H28F3N5O4S/c1-21(2)15-30(17-3-5-18(6-4-17)34-22(23,24)25)20(27-21)14-16-7-8-26-19(13-16)28-35(31,32)29-9-11-33-12-10-29/h3-8,13,20,27H,9-12,14-15H2,1-2H3,(H,26,28). The lowest BCUT2D eigenvalue weighted by Crippen LogP contribution is -2.43. The monoisotopic (exact) mass is 515 g/mol. The van der Waals surface area contributed by atoms with E-state index in [1.165, 1.54) is 16.4 Å². The number of benzene rings is 1. The molecule has 1 atom stereocenters. The quantitative estimate of drug-likeness (QED) is 0.586. The average molecular weight is 516 g/mol. The molecule has 9 nitrogen and oxygen atoms in total. The molecule has 0 radical (unpaired) electrons. The van der Waals surface area contributed by atoms with Crippen molar-refractivity contribution in [1.29, 1.82) is 0 Å². The van der Waals surface area contributed by atoms with Crippen molar-refractivity contribution in [3.63, 3.8) is 0 Å². The van der Waals surface area contributed by atoms with E-state index < -0.39 is 16.6 Å². The summed E-state index contributed by atoms with van der Waals surface area (Å²) in [5, 5.41) is 3.53. The van der Waals surface area contributed by atoms with E-state index in [2.05, 4.69) is 24.7 Å². The van der Waals surface area contributed by atoms with Gasteiger partial charge in [-0.3, -0.25) is 10.0 Å². The predicted molar refractivity (Wildman–Crippen MR) is 124 cm³/mol. The van der Waals surface area contributed by atoms with E-state index in [9.17, 15) is 21.6 Å². The van der Waals surface area contributed by atoms with Gasteiger partial charge in [-0.2, -0.15) is 12.7 Å². The van der Waals surface area contributed by atoms with Gasteiger partial charge in [-0.15, -0.1) is 13.2 Å². The van der Waals surface area contributed by atoms with Crippen LogP contribution in [0.15, 0.2) is 42.6 Å². The highest BCUT2D eigenvalue weighted by molar-refractivity contribution is 7.90. The van der Waals surface area contributed by atoms with Gasteiger partial charge in [0.15, 0.2) is 0 Å². The van der Waals surface area contributed by atoms with Gasteiger partial charge in [-0.05, 0) is 55.8 Å². The number of pyridine rings is 1. The van der Waals surface area contributed by atoms with Gasteiger partial charge in [0.25, 0.3) is 0 Å². The van der Waals surface area contributed by atoms with Crippen LogP contribution in [-0.4, -0.2) is 68.6 Å². The van der Waals surface area contributed by atoms with Crippen molar-refractivity contribution >= 4 is 21.7 Å². The van der Waals surface area contributed by atoms with Gasteiger partial charge >= 0.3 is 16.6 Å².